The van der Waals surface area contributed by atoms with E-state index < -0.39 is 0 Å². The number of nitrogens with zero attached hydrogens (tertiary/aromatic N) is 2. The normalized spacial score (nSPS) is 11.3. The molecule has 0 aliphatic heterocycles. The molecular weight excluding hydrogens is 278 g/mol. The van der Waals surface area contributed by atoms with Crippen molar-refractivity contribution < 1.29 is 4.79 Å². The van der Waals surface area contributed by atoms with Crippen LogP contribution in [0.1, 0.15) is 20.3 Å². The highest BCUT2D eigenvalue weighted by molar-refractivity contribution is 7.80. The number of nitrogens with one attached hydrogen (secondary N) is 1. The van der Waals surface area contributed by atoms with Gasteiger partial charge in [-0.05, 0) is 32.6 Å². The quantitative estimate of drug-likeness (QED) is 0.471. The lowest BCUT2D eigenvalue weighted by Gasteiger charge is -2.23. The van der Waals surface area contributed by atoms with Gasteiger partial charge in [0, 0.05) is 24.6 Å². The Morgan fingerprint density at radius 2 is 1.63 bits per heavy atom. The lowest BCUT2D eigenvalue weighted by atomic mass is 10.3. The van der Waals surface area contributed by atoms with E-state index in [1.165, 1.54) is 0 Å². The van der Waals surface area contributed by atoms with Crippen molar-refractivity contribution in [2.45, 2.75) is 20.3 Å². The minimum atomic E-state index is 0.0821. The first kappa shape index (κ1) is 19.1. The van der Waals surface area contributed by atoms with Gasteiger partial charge in [0.25, 0.3) is 0 Å². The van der Waals surface area contributed by atoms with Crippen LogP contribution in [0.2, 0.25) is 0 Å². The van der Waals surface area contributed by atoms with E-state index in [-0.39, 0.29) is 5.91 Å². The van der Waals surface area contributed by atoms with E-state index in [9.17, 15) is 4.79 Å². The summed E-state index contributed by atoms with van der Waals surface area (Å²) in [5.74, 6) is 1.55. The highest BCUT2D eigenvalue weighted by Gasteiger charge is 2.10. The van der Waals surface area contributed by atoms with Crippen LogP contribution in [0.5, 0.6) is 0 Å². The fourth-order valence-corrected chi connectivity index (χ4v) is 2.32. The summed E-state index contributed by atoms with van der Waals surface area (Å²) in [4.78, 5) is 16.2. The van der Waals surface area contributed by atoms with Gasteiger partial charge in [-0.2, -0.15) is 25.3 Å². The summed E-state index contributed by atoms with van der Waals surface area (Å²) in [7, 11) is 0. The molecule has 1 N–H and O–H groups in total. The molecule has 0 aliphatic carbocycles. The summed E-state index contributed by atoms with van der Waals surface area (Å²) in [5, 5.41) is 2.85. The van der Waals surface area contributed by atoms with Crippen molar-refractivity contribution in [1.82, 2.24) is 15.1 Å². The fourth-order valence-electron chi connectivity index (χ4n) is 1.92. The lowest BCUT2D eigenvalue weighted by molar-refractivity contribution is -0.122. The summed E-state index contributed by atoms with van der Waals surface area (Å²) in [6.45, 7) is 10.5. The average molecular weight is 308 g/mol. The van der Waals surface area contributed by atoms with Gasteiger partial charge in [-0.25, -0.2) is 0 Å². The molecule has 0 heterocycles. The maximum absolute atomic E-state index is 11.7. The molecule has 0 bridgehead atoms. The number of carbonyl (C=O) groups excluding carboxylic acids is 1. The van der Waals surface area contributed by atoms with Crippen molar-refractivity contribution in [3.8, 4) is 0 Å². The molecule has 0 saturated carbocycles. The smallest absolute Gasteiger partial charge is 0.234 e. The van der Waals surface area contributed by atoms with Gasteiger partial charge in [0.15, 0.2) is 0 Å². The molecule has 0 spiro atoms. The minimum Gasteiger partial charge on any atom is -0.354 e. The van der Waals surface area contributed by atoms with E-state index in [1.807, 2.05) is 0 Å². The van der Waals surface area contributed by atoms with Crippen LogP contribution in [0.25, 0.3) is 0 Å². The second kappa shape index (κ2) is 13.1. The second-order valence-corrected chi connectivity index (χ2v) is 5.35. The van der Waals surface area contributed by atoms with E-state index in [0.29, 0.717) is 18.8 Å². The molecule has 1 amide bonds. The number of carbonyl (C=O) groups is 1. The molecule has 0 saturated heterocycles. The van der Waals surface area contributed by atoms with Gasteiger partial charge in [-0.1, -0.05) is 13.8 Å². The average Bonchev–Trinajstić information content (AvgIpc) is 2.41. The van der Waals surface area contributed by atoms with Gasteiger partial charge < -0.3 is 10.2 Å². The zero-order chi connectivity index (χ0) is 14.5. The van der Waals surface area contributed by atoms with Gasteiger partial charge in [-0.15, -0.1) is 0 Å². The first-order valence-electron chi connectivity index (χ1n) is 7.11. The van der Waals surface area contributed by atoms with Gasteiger partial charge >= 0.3 is 0 Å². The third kappa shape index (κ3) is 10.5. The summed E-state index contributed by atoms with van der Waals surface area (Å²) in [6, 6.07) is 0. The third-order valence-electron chi connectivity index (χ3n) is 3.06. The Labute approximate surface area is 129 Å². The SMILES string of the molecule is CCN(CC)CCCN(CCS)CC(=O)NCCS. The molecule has 0 unspecified atom stereocenters. The Hall–Kier alpha value is 0.0900. The Balaban J connectivity index is 3.93. The second-order valence-electron chi connectivity index (χ2n) is 4.45. The van der Waals surface area contributed by atoms with Crippen molar-refractivity contribution in [3.63, 3.8) is 0 Å². The van der Waals surface area contributed by atoms with Crippen LogP contribution in [-0.2, 0) is 4.79 Å². The molecule has 0 aromatic rings. The molecule has 6 heteroatoms. The molecule has 114 valence electrons. The van der Waals surface area contributed by atoms with Gasteiger partial charge in [-0.3, -0.25) is 9.69 Å². The van der Waals surface area contributed by atoms with E-state index in [2.05, 4.69) is 54.2 Å². The zero-order valence-corrected chi connectivity index (χ0v) is 14.1. The molecule has 0 radical (unpaired) electrons. The van der Waals surface area contributed by atoms with Crippen LogP contribution in [0.3, 0.4) is 0 Å². The molecule has 4 nitrogen and oxygen atoms in total. The molecular formula is C13H29N3OS2. The fraction of sp³-hybridized carbons (Fsp3) is 0.923. The maximum atomic E-state index is 11.7. The molecule has 0 atom stereocenters. The van der Waals surface area contributed by atoms with Gasteiger partial charge in [0.1, 0.15) is 0 Å². The molecule has 0 rings (SSSR count). The van der Waals surface area contributed by atoms with Crippen molar-refractivity contribution in [2.24, 2.45) is 0 Å². The summed E-state index contributed by atoms with van der Waals surface area (Å²) < 4.78 is 0. The maximum Gasteiger partial charge on any atom is 0.234 e. The molecule has 19 heavy (non-hydrogen) atoms. The van der Waals surface area contributed by atoms with Crippen molar-refractivity contribution in [1.29, 1.82) is 0 Å². The van der Waals surface area contributed by atoms with Gasteiger partial charge in [0.2, 0.25) is 5.91 Å². The van der Waals surface area contributed by atoms with E-state index in [1.54, 1.807) is 0 Å². The van der Waals surface area contributed by atoms with Crippen LogP contribution in [0.4, 0.5) is 0 Å². The molecule has 0 fully saturated rings. The summed E-state index contributed by atoms with van der Waals surface area (Å²) >= 11 is 8.34. The number of hydrogen-bond acceptors (Lipinski definition) is 5. The van der Waals surface area contributed by atoms with Crippen molar-refractivity contribution >= 4 is 31.2 Å². The molecule has 0 aromatic carbocycles. The largest absolute Gasteiger partial charge is 0.354 e. The number of amides is 1. The predicted molar refractivity (Wildman–Crippen MR) is 89.6 cm³/mol. The Bertz CT molecular complexity index is 226. The highest BCUT2D eigenvalue weighted by atomic mass is 32.1. The van der Waals surface area contributed by atoms with Crippen LogP contribution < -0.4 is 5.32 Å². The monoisotopic (exact) mass is 307 g/mol. The lowest BCUT2D eigenvalue weighted by Crippen LogP contribution is -2.40. The summed E-state index contributed by atoms with van der Waals surface area (Å²) in [6.07, 6.45) is 1.09. The minimum absolute atomic E-state index is 0.0821. The van der Waals surface area contributed by atoms with Crippen LogP contribution in [0, 0.1) is 0 Å². The van der Waals surface area contributed by atoms with E-state index in [4.69, 9.17) is 0 Å². The van der Waals surface area contributed by atoms with Crippen molar-refractivity contribution in [3.05, 3.63) is 0 Å². The van der Waals surface area contributed by atoms with Crippen LogP contribution >= 0.6 is 25.3 Å². The number of rotatable bonds is 12. The number of thiol groups is 2. The van der Waals surface area contributed by atoms with E-state index in [0.717, 1.165) is 44.9 Å². The summed E-state index contributed by atoms with van der Waals surface area (Å²) in [5.41, 5.74) is 0. The van der Waals surface area contributed by atoms with Crippen LogP contribution in [-0.4, -0.2) is 73.0 Å². The topological polar surface area (TPSA) is 35.6 Å². The zero-order valence-electron chi connectivity index (χ0n) is 12.3. The first-order valence-corrected chi connectivity index (χ1v) is 8.37. The van der Waals surface area contributed by atoms with Crippen molar-refractivity contribution in [2.75, 3.05) is 57.3 Å². The standard InChI is InChI=1S/C13H29N3OS2/c1-3-15(4-2)7-5-8-16(9-11-19)12-13(17)14-6-10-18/h18-19H,3-12H2,1-2H3,(H,14,17). The Morgan fingerprint density at radius 1 is 1.00 bits per heavy atom. The van der Waals surface area contributed by atoms with Crippen LogP contribution in [0.15, 0.2) is 0 Å². The van der Waals surface area contributed by atoms with E-state index >= 15 is 0 Å². The highest BCUT2D eigenvalue weighted by Crippen LogP contribution is 1.96. The Kier molecular flexibility index (Phi) is 13.2. The molecule has 0 aliphatic rings. The predicted octanol–water partition coefficient (Wildman–Crippen LogP) is 0.996. The van der Waals surface area contributed by atoms with Gasteiger partial charge in [0.05, 0.1) is 6.54 Å². The molecule has 0 aromatic heterocycles. The first-order chi connectivity index (χ1) is 9.17. The Morgan fingerprint density at radius 3 is 2.16 bits per heavy atom. The number of hydrogen-bond donors (Lipinski definition) is 3. The third-order valence-corrected chi connectivity index (χ3v) is 3.48.